The molecule has 0 saturated carbocycles. The van der Waals surface area contributed by atoms with Gasteiger partial charge in [-0.1, -0.05) is 71.0 Å². The predicted octanol–water partition coefficient (Wildman–Crippen LogP) is 7.27. The molecule has 3 aromatic rings. The third-order valence-electron chi connectivity index (χ3n) is 5.24. The zero-order chi connectivity index (χ0) is 21.5. The summed E-state index contributed by atoms with van der Waals surface area (Å²) in [5.41, 5.74) is 1.23. The van der Waals surface area contributed by atoms with Gasteiger partial charge < -0.3 is 9.78 Å². The van der Waals surface area contributed by atoms with E-state index in [1.165, 1.54) is 5.56 Å². The summed E-state index contributed by atoms with van der Waals surface area (Å²) in [6.07, 6.45) is 2.83. The number of hydrogen-bond donors (Lipinski definition) is 0. The summed E-state index contributed by atoms with van der Waals surface area (Å²) in [5, 5.41) is 3.82. The van der Waals surface area contributed by atoms with E-state index in [0.29, 0.717) is 25.0 Å². The summed E-state index contributed by atoms with van der Waals surface area (Å²) >= 11 is 0. The molecular formula is C26H34O4. The Bertz CT molecular complexity index is 962. The molecule has 0 aromatic heterocycles. The van der Waals surface area contributed by atoms with E-state index in [2.05, 4.69) is 52.8 Å². The molecule has 0 fully saturated rings. The molecule has 3 aromatic carbocycles. The summed E-state index contributed by atoms with van der Waals surface area (Å²) in [4.78, 5) is 23.0. The van der Waals surface area contributed by atoms with Crippen LogP contribution in [0.15, 0.2) is 42.5 Å². The van der Waals surface area contributed by atoms with E-state index in [0.717, 1.165) is 52.3 Å². The maximum atomic E-state index is 5.90. The molecule has 0 bridgehead atoms. The lowest BCUT2D eigenvalue weighted by molar-refractivity contribution is -0.208. The SMILES string of the molecule is CCc1ccc2c(OOCCC(C)C)c3ccccc3c(OOCCC(C)C)c2c1. The topological polar surface area (TPSA) is 36.9 Å². The maximum Gasteiger partial charge on any atom is 0.181 e. The highest BCUT2D eigenvalue weighted by Gasteiger charge is 2.18. The summed E-state index contributed by atoms with van der Waals surface area (Å²) in [5.74, 6) is 2.58. The highest BCUT2D eigenvalue weighted by molar-refractivity contribution is 6.11. The van der Waals surface area contributed by atoms with Crippen molar-refractivity contribution in [3.63, 3.8) is 0 Å². The molecule has 162 valence electrons. The van der Waals surface area contributed by atoms with Gasteiger partial charge in [0.1, 0.15) is 0 Å². The largest absolute Gasteiger partial charge is 0.336 e. The fraction of sp³-hybridized carbons (Fsp3) is 0.462. The molecule has 0 spiro atoms. The minimum absolute atomic E-state index is 0.553. The summed E-state index contributed by atoms with van der Waals surface area (Å²) in [6.45, 7) is 11.9. The molecule has 4 nitrogen and oxygen atoms in total. The molecule has 3 rings (SSSR count). The Balaban J connectivity index is 2.03. The Labute approximate surface area is 179 Å². The molecule has 0 heterocycles. The monoisotopic (exact) mass is 410 g/mol. The van der Waals surface area contributed by atoms with Crippen molar-refractivity contribution in [3.05, 3.63) is 48.0 Å². The lowest BCUT2D eigenvalue weighted by Gasteiger charge is -2.17. The van der Waals surface area contributed by atoms with Gasteiger partial charge in [0.15, 0.2) is 11.5 Å². The average Bonchev–Trinajstić information content (AvgIpc) is 2.74. The van der Waals surface area contributed by atoms with Crippen molar-refractivity contribution in [2.45, 2.75) is 53.9 Å². The van der Waals surface area contributed by atoms with Gasteiger partial charge >= 0.3 is 0 Å². The van der Waals surface area contributed by atoms with Gasteiger partial charge in [-0.05, 0) is 42.7 Å². The van der Waals surface area contributed by atoms with Crippen molar-refractivity contribution in [1.82, 2.24) is 0 Å². The number of fused-ring (bicyclic) bond motifs is 2. The van der Waals surface area contributed by atoms with E-state index in [9.17, 15) is 0 Å². The second-order valence-electron chi connectivity index (χ2n) is 8.61. The highest BCUT2D eigenvalue weighted by Crippen LogP contribution is 2.43. The van der Waals surface area contributed by atoms with Crippen molar-refractivity contribution in [2.75, 3.05) is 13.2 Å². The number of hydrogen-bond acceptors (Lipinski definition) is 4. The van der Waals surface area contributed by atoms with Crippen molar-refractivity contribution in [1.29, 1.82) is 0 Å². The van der Waals surface area contributed by atoms with Gasteiger partial charge in [0, 0.05) is 21.5 Å². The second-order valence-corrected chi connectivity index (χ2v) is 8.61. The molecule has 0 amide bonds. The molecule has 0 aliphatic carbocycles. The zero-order valence-corrected chi connectivity index (χ0v) is 18.9. The van der Waals surface area contributed by atoms with Gasteiger partial charge in [0.25, 0.3) is 0 Å². The highest BCUT2D eigenvalue weighted by atomic mass is 17.2. The van der Waals surface area contributed by atoms with Crippen molar-refractivity contribution < 1.29 is 19.6 Å². The van der Waals surface area contributed by atoms with Gasteiger partial charge in [0.2, 0.25) is 0 Å². The molecule has 4 heteroatoms. The van der Waals surface area contributed by atoms with Gasteiger partial charge in [-0.3, -0.25) is 0 Å². The fourth-order valence-electron chi connectivity index (χ4n) is 3.31. The van der Waals surface area contributed by atoms with E-state index in [1.807, 2.05) is 24.3 Å². The standard InChI is InChI=1S/C26H34O4/c1-6-20-11-12-23-24(17-20)26(30-28-16-14-19(4)5)22-10-8-7-9-21(22)25(23)29-27-15-13-18(2)3/h7-12,17-19H,6,13-16H2,1-5H3. The Kier molecular flexibility index (Phi) is 7.94. The Hall–Kier alpha value is -2.30. The second kappa shape index (κ2) is 10.6. The molecule has 0 aliphatic rings. The van der Waals surface area contributed by atoms with Gasteiger partial charge in [-0.25, -0.2) is 0 Å². The molecule has 0 N–H and O–H groups in total. The first kappa shape index (κ1) is 22.4. The molecule has 0 atom stereocenters. The van der Waals surface area contributed by atoms with Crippen LogP contribution < -0.4 is 9.78 Å². The van der Waals surface area contributed by atoms with Crippen LogP contribution in [0.1, 0.15) is 53.0 Å². The van der Waals surface area contributed by atoms with E-state index in [4.69, 9.17) is 19.6 Å². The fourth-order valence-corrected chi connectivity index (χ4v) is 3.31. The van der Waals surface area contributed by atoms with Crippen LogP contribution in [0.5, 0.6) is 11.5 Å². The van der Waals surface area contributed by atoms with E-state index >= 15 is 0 Å². The average molecular weight is 411 g/mol. The van der Waals surface area contributed by atoms with Gasteiger partial charge in [-0.2, -0.15) is 9.78 Å². The van der Waals surface area contributed by atoms with Crippen LogP contribution in [-0.4, -0.2) is 13.2 Å². The van der Waals surface area contributed by atoms with Crippen LogP contribution in [0.25, 0.3) is 21.5 Å². The number of rotatable bonds is 11. The molecule has 0 saturated heterocycles. The van der Waals surface area contributed by atoms with Crippen LogP contribution in [0, 0.1) is 11.8 Å². The number of aryl methyl sites for hydroxylation is 1. The Morgan fingerprint density at radius 1 is 0.667 bits per heavy atom. The molecule has 0 radical (unpaired) electrons. The van der Waals surface area contributed by atoms with Gasteiger partial charge in [0.05, 0.1) is 13.2 Å². The van der Waals surface area contributed by atoms with Crippen LogP contribution in [-0.2, 0) is 16.2 Å². The van der Waals surface area contributed by atoms with Crippen LogP contribution in [0.4, 0.5) is 0 Å². The minimum Gasteiger partial charge on any atom is -0.336 e. The van der Waals surface area contributed by atoms with Crippen molar-refractivity contribution >= 4 is 21.5 Å². The third-order valence-corrected chi connectivity index (χ3v) is 5.24. The molecule has 0 unspecified atom stereocenters. The first-order valence-electron chi connectivity index (χ1n) is 11.1. The zero-order valence-electron chi connectivity index (χ0n) is 18.9. The Morgan fingerprint density at radius 3 is 1.67 bits per heavy atom. The van der Waals surface area contributed by atoms with Crippen molar-refractivity contribution in [2.24, 2.45) is 11.8 Å². The molecule has 30 heavy (non-hydrogen) atoms. The van der Waals surface area contributed by atoms with E-state index in [1.54, 1.807) is 0 Å². The normalized spacial score (nSPS) is 11.7. The lowest BCUT2D eigenvalue weighted by Crippen LogP contribution is -2.05. The minimum atomic E-state index is 0.553. The summed E-state index contributed by atoms with van der Waals surface area (Å²) < 4.78 is 0. The molecular weight excluding hydrogens is 376 g/mol. The van der Waals surface area contributed by atoms with E-state index < -0.39 is 0 Å². The van der Waals surface area contributed by atoms with Crippen LogP contribution in [0.2, 0.25) is 0 Å². The Morgan fingerprint density at radius 2 is 1.17 bits per heavy atom. The maximum absolute atomic E-state index is 5.90. The summed E-state index contributed by atoms with van der Waals surface area (Å²) in [7, 11) is 0. The smallest absolute Gasteiger partial charge is 0.181 e. The molecule has 0 aliphatic heterocycles. The third kappa shape index (κ3) is 5.44. The van der Waals surface area contributed by atoms with E-state index in [-0.39, 0.29) is 0 Å². The lowest BCUT2D eigenvalue weighted by atomic mass is 9.98. The van der Waals surface area contributed by atoms with Crippen molar-refractivity contribution in [3.8, 4) is 11.5 Å². The van der Waals surface area contributed by atoms with Gasteiger partial charge in [-0.15, -0.1) is 0 Å². The number of benzene rings is 3. The predicted molar refractivity (Wildman–Crippen MR) is 123 cm³/mol. The van der Waals surface area contributed by atoms with Crippen LogP contribution >= 0.6 is 0 Å². The van der Waals surface area contributed by atoms with Crippen LogP contribution in [0.3, 0.4) is 0 Å². The first-order chi connectivity index (χ1) is 14.5. The first-order valence-corrected chi connectivity index (χ1v) is 11.1. The summed E-state index contributed by atoms with van der Waals surface area (Å²) in [6, 6.07) is 14.4. The quantitative estimate of drug-likeness (QED) is 0.144.